The molecule has 0 unspecified atom stereocenters. The Hall–Kier alpha value is -2.05. The monoisotopic (exact) mass is 327 g/mol. The molecule has 8 heteroatoms. The summed E-state index contributed by atoms with van der Waals surface area (Å²) in [6.07, 6.45) is 2.91. The zero-order valence-corrected chi connectivity index (χ0v) is 12.5. The quantitative estimate of drug-likeness (QED) is 0.876. The van der Waals surface area contributed by atoms with Gasteiger partial charge in [-0.15, -0.1) is 0 Å². The third kappa shape index (κ3) is 3.74. The van der Waals surface area contributed by atoms with Crippen LogP contribution in [0.25, 0.3) is 0 Å². The zero-order chi connectivity index (χ0) is 15.4. The van der Waals surface area contributed by atoms with Gasteiger partial charge in [-0.1, -0.05) is 29.3 Å². The Morgan fingerprint density at radius 3 is 2.62 bits per heavy atom. The number of ether oxygens (including phenoxy) is 1. The molecule has 2 aromatic rings. The van der Waals surface area contributed by atoms with E-state index in [1.165, 1.54) is 24.2 Å². The van der Waals surface area contributed by atoms with Gasteiger partial charge in [-0.3, -0.25) is 14.3 Å². The lowest BCUT2D eigenvalue weighted by Crippen LogP contribution is -2.13. The molecule has 1 aromatic carbocycles. The number of amides is 1. The van der Waals surface area contributed by atoms with Crippen molar-refractivity contribution >= 4 is 40.8 Å². The minimum Gasteiger partial charge on any atom is -0.468 e. The molecule has 2 rings (SSSR count). The number of carbonyl (C=O) groups is 2. The van der Waals surface area contributed by atoms with Gasteiger partial charge in [0.1, 0.15) is 6.54 Å². The molecule has 0 spiro atoms. The Kier molecular flexibility index (Phi) is 4.82. The number of carbonyl (C=O) groups excluding carboxylic acids is 2. The highest BCUT2D eigenvalue weighted by Gasteiger charge is 2.15. The van der Waals surface area contributed by atoms with Crippen LogP contribution in [0.1, 0.15) is 10.4 Å². The first kappa shape index (κ1) is 15.3. The van der Waals surface area contributed by atoms with Crippen molar-refractivity contribution in [2.45, 2.75) is 6.54 Å². The van der Waals surface area contributed by atoms with Crippen molar-refractivity contribution in [2.75, 3.05) is 12.4 Å². The number of rotatable bonds is 4. The first-order valence-electron chi connectivity index (χ1n) is 5.86. The van der Waals surface area contributed by atoms with E-state index < -0.39 is 11.9 Å². The predicted octanol–water partition coefficient (Wildman–Crippen LogP) is 2.62. The molecule has 1 heterocycles. The van der Waals surface area contributed by atoms with Gasteiger partial charge in [-0.2, -0.15) is 5.10 Å². The molecule has 1 N–H and O–H groups in total. The summed E-state index contributed by atoms with van der Waals surface area (Å²) in [6, 6.07) is 4.79. The molecule has 0 fully saturated rings. The fourth-order valence-electron chi connectivity index (χ4n) is 1.62. The topological polar surface area (TPSA) is 73.2 Å². The smallest absolute Gasteiger partial charge is 0.327 e. The van der Waals surface area contributed by atoms with Crippen LogP contribution < -0.4 is 5.32 Å². The largest absolute Gasteiger partial charge is 0.468 e. The second kappa shape index (κ2) is 6.60. The molecule has 0 aliphatic carbocycles. The Bertz CT molecular complexity index is 665. The minimum atomic E-state index is -0.455. The van der Waals surface area contributed by atoms with Crippen LogP contribution in [-0.2, 0) is 16.1 Å². The molecule has 1 amide bonds. The molecule has 0 radical (unpaired) electrons. The molecule has 110 valence electrons. The van der Waals surface area contributed by atoms with Gasteiger partial charge in [0.25, 0.3) is 5.91 Å². The molecule has 0 saturated carbocycles. The molecule has 0 bridgehead atoms. The lowest BCUT2D eigenvalue weighted by Gasteiger charge is -2.06. The number of halogens is 2. The van der Waals surface area contributed by atoms with Crippen LogP contribution in [0.15, 0.2) is 30.6 Å². The van der Waals surface area contributed by atoms with Crippen molar-refractivity contribution in [1.29, 1.82) is 0 Å². The van der Waals surface area contributed by atoms with Crippen LogP contribution >= 0.6 is 23.2 Å². The van der Waals surface area contributed by atoms with E-state index in [4.69, 9.17) is 23.2 Å². The molecular weight excluding hydrogens is 317 g/mol. The number of nitrogens with one attached hydrogen (secondary N) is 1. The number of aromatic nitrogens is 2. The molecule has 6 nitrogen and oxygen atoms in total. The summed E-state index contributed by atoms with van der Waals surface area (Å²) < 4.78 is 5.87. The average Bonchev–Trinajstić information content (AvgIpc) is 2.85. The lowest BCUT2D eigenvalue weighted by molar-refractivity contribution is -0.141. The molecule has 0 aliphatic rings. The van der Waals surface area contributed by atoms with Gasteiger partial charge in [0.05, 0.1) is 34.6 Å². The van der Waals surface area contributed by atoms with E-state index in [0.29, 0.717) is 5.69 Å². The van der Waals surface area contributed by atoms with E-state index in [9.17, 15) is 9.59 Å². The van der Waals surface area contributed by atoms with Gasteiger partial charge < -0.3 is 10.1 Å². The van der Waals surface area contributed by atoms with E-state index in [1.54, 1.807) is 18.2 Å². The summed E-state index contributed by atoms with van der Waals surface area (Å²) in [6.45, 7) is -0.0424. The summed E-state index contributed by atoms with van der Waals surface area (Å²) >= 11 is 11.9. The third-order valence-corrected chi connectivity index (χ3v) is 3.23. The van der Waals surface area contributed by atoms with Gasteiger partial charge in [-0.05, 0) is 12.1 Å². The summed E-state index contributed by atoms with van der Waals surface area (Å²) in [7, 11) is 1.29. The molecule has 0 atom stereocenters. The molecule has 0 saturated heterocycles. The van der Waals surface area contributed by atoms with Gasteiger partial charge >= 0.3 is 5.97 Å². The summed E-state index contributed by atoms with van der Waals surface area (Å²) in [5.41, 5.74) is 0.599. The number of esters is 1. The van der Waals surface area contributed by atoms with Gasteiger partial charge in [0.2, 0.25) is 0 Å². The maximum absolute atomic E-state index is 12.1. The number of anilines is 1. The second-order valence-electron chi connectivity index (χ2n) is 4.05. The van der Waals surface area contributed by atoms with Crippen molar-refractivity contribution in [2.24, 2.45) is 0 Å². The van der Waals surface area contributed by atoms with E-state index in [0.717, 1.165) is 0 Å². The van der Waals surface area contributed by atoms with Crippen molar-refractivity contribution in [3.63, 3.8) is 0 Å². The van der Waals surface area contributed by atoms with Crippen LogP contribution in [0, 0.1) is 0 Å². The number of benzene rings is 1. The summed E-state index contributed by atoms with van der Waals surface area (Å²) in [5.74, 6) is -0.895. The van der Waals surface area contributed by atoms with Crippen LogP contribution in [-0.4, -0.2) is 28.8 Å². The van der Waals surface area contributed by atoms with E-state index in [1.807, 2.05) is 0 Å². The molecule has 1 aromatic heterocycles. The summed E-state index contributed by atoms with van der Waals surface area (Å²) in [4.78, 5) is 23.3. The maximum atomic E-state index is 12.1. The number of methoxy groups -OCH3 is 1. The van der Waals surface area contributed by atoms with E-state index in [-0.39, 0.29) is 22.2 Å². The first-order valence-corrected chi connectivity index (χ1v) is 6.61. The first-order chi connectivity index (χ1) is 10.0. The minimum absolute atomic E-state index is 0.0424. The van der Waals surface area contributed by atoms with Crippen molar-refractivity contribution in [3.8, 4) is 0 Å². The molecular formula is C13H11Cl2N3O3. The predicted molar refractivity (Wildman–Crippen MR) is 78.7 cm³/mol. The Balaban J connectivity index is 2.12. The second-order valence-corrected chi connectivity index (χ2v) is 4.87. The summed E-state index contributed by atoms with van der Waals surface area (Å²) in [5, 5.41) is 7.04. The number of hydrogen-bond acceptors (Lipinski definition) is 4. The van der Waals surface area contributed by atoms with Crippen LogP contribution in [0.4, 0.5) is 5.69 Å². The molecule has 0 aliphatic heterocycles. The average molecular weight is 328 g/mol. The highest BCUT2D eigenvalue weighted by Crippen LogP contribution is 2.25. The van der Waals surface area contributed by atoms with Gasteiger partial charge in [-0.25, -0.2) is 0 Å². The Morgan fingerprint density at radius 1 is 1.33 bits per heavy atom. The van der Waals surface area contributed by atoms with Crippen LogP contribution in [0.5, 0.6) is 0 Å². The normalized spacial score (nSPS) is 10.2. The van der Waals surface area contributed by atoms with E-state index >= 15 is 0 Å². The fourth-order valence-corrected chi connectivity index (χ4v) is 2.19. The maximum Gasteiger partial charge on any atom is 0.327 e. The van der Waals surface area contributed by atoms with E-state index in [2.05, 4.69) is 15.2 Å². The lowest BCUT2D eigenvalue weighted by atomic mass is 10.2. The molecule has 21 heavy (non-hydrogen) atoms. The third-order valence-electron chi connectivity index (χ3n) is 2.60. The van der Waals surface area contributed by atoms with Crippen molar-refractivity contribution in [1.82, 2.24) is 9.78 Å². The zero-order valence-electron chi connectivity index (χ0n) is 11.0. The Morgan fingerprint density at radius 2 is 2.00 bits per heavy atom. The number of nitrogens with zero attached hydrogens (tertiary/aromatic N) is 2. The van der Waals surface area contributed by atoms with Crippen LogP contribution in [0.2, 0.25) is 10.0 Å². The SMILES string of the molecule is COC(=O)Cn1cc(NC(=O)c2c(Cl)cccc2Cl)cn1. The number of hydrogen-bond donors (Lipinski definition) is 1. The highest BCUT2D eigenvalue weighted by atomic mass is 35.5. The Labute approximate surface area is 130 Å². The van der Waals surface area contributed by atoms with Gasteiger partial charge in [0, 0.05) is 6.20 Å². The van der Waals surface area contributed by atoms with Crippen molar-refractivity contribution in [3.05, 3.63) is 46.2 Å². The van der Waals surface area contributed by atoms with Gasteiger partial charge in [0.15, 0.2) is 0 Å². The van der Waals surface area contributed by atoms with Crippen LogP contribution in [0.3, 0.4) is 0 Å². The standard InChI is InChI=1S/C13H11Cl2N3O3/c1-21-11(19)7-18-6-8(5-16-18)17-13(20)12-9(14)3-2-4-10(12)15/h2-6H,7H2,1H3,(H,17,20). The highest BCUT2D eigenvalue weighted by molar-refractivity contribution is 6.40. The van der Waals surface area contributed by atoms with Crippen molar-refractivity contribution < 1.29 is 14.3 Å². The fraction of sp³-hybridized carbons (Fsp3) is 0.154.